The van der Waals surface area contributed by atoms with Crippen molar-refractivity contribution in [3.05, 3.63) is 35.9 Å². The number of ketones is 1. The zero-order chi connectivity index (χ0) is 21.2. The fourth-order valence-electron chi connectivity index (χ4n) is 3.46. The van der Waals surface area contributed by atoms with Gasteiger partial charge in [0.2, 0.25) is 0 Å². The molecular formula is C22H31NO5. The second-order valence-corrected chi connectivity index (χ2v) is 9.24. The van der Waals surface area contributed by atoms with Crippen LogP contribution in [0.3, 0.4) is 0 Å². The third-order valence-corrected chi connectivity index (χ3v) is 4.52. The minimum Gasteiger partial charge on any atom is -0.459 e. The van der Waals surface area contributed by atoms with Gasteiger partial charge in [0, 0.05) is 6.42 Å². The number of rotatable bonds is 4. The fraction of sp³-hybridized carbons (Fsp3) is 0.591. The van der Waals surface area contributed by atoms with E-state index < -0.39 is 34.7 Å². The molecule has 0 bridgehead atoms. The van der Waals surface area contributed by atoms with E-state index in [2.05, 4.69) is 5.32 Å². The number of nitrogens with one attached hydrogen (secondary N) is 1. The number of carbonyl (C=O) groups excluding carboxylic acids is 3. The van der Waals surface area contributed by atoms with Crippen molar-refractivity contribution in [2.24, 2.45) is 5.41 Å². The summed E-state index contributed by atoms with van der Waals surface area (Å²) in [4.78, 5) is 38.8. The number of amides is 1. The van der Waals surface area contributed by atoms with E-state index >= 15 is 0 Å². The Morgan fingerprint density at radius 1 is 1.00 bits per heavy atom. The van der Waals surface area contributed by atoms with Gasteiger partial charge in [-0.2, -0.15) is 0 Å². The fourth-order valence-corrected chi connectivity index (χ4v) is 3.46. The van der Waals surface area contributed by atoms with E-state index in [1.165, 1.54) is 0 Å². The molecule has 1 aliphatic rings. The van der Waals surface area contributed by atoms with E-state index in [1.807, 2.05) is 6.07 Å². The number of hydrogen-bond donors (Lipinski definition) is 1. The quantitative estimate of drug-likeness (QED) is 0.612. The second kappa shape index (κ2) is 7.94. The summed E-state index contributed by atoms with van der Waals surface area (Å²) in [6.45, 7) is 10.6. The van der Waals surface area contributed by atoms with Crippen molar-refractivity contribution in [1.82, 2.24) is 5.32 Å². The van der Waals surface area contributed by atoms with Crippen molar-refractivity contribution < 1.29 is 23.9 Å². The number of benzene rings is 1. The summed E-state index contributed by atoms with van der Waals surface area (Å²) in [5.41, 5.74) is -2.26. The molecule has 2 atom stereocenters. The third kappa shape index (κ3) is 5.12. The largest absolute Gasteiger partial charge is 0.459 e. The predicted molar refractivity (Wildman–Crippen MR) is 106 cm³/mol. The van der Waals surface area contributed by atoms with E-state index in [0.29, 0.717) is 18.4 Å². The smallest absolute Gasteiger partial charge is 0.408 e. The van der Waals surface area contributed by atoms with Gasteiger partial charge in [-0.1, -0.05) is 30.3 Å². The molecule has 2 rings (SSSR count). The summed E-state index contributed by atoms with van der Waals surface area (Å²) in [7, 11) is 0. The molecule has 6 heteroatoms. The zero-order valence-electron chi connectivity index (χ0n) is 17.6. The van der Waals surface area contributed by atoms with Crippen molar-refractivity contribution in [1.29, 1.82) is 0 Å². The van der Waals surface area contributed by atoms with Gasteiger partial charge >= 0.3 is 12.1 Å². The highest BCUT2D eigenvalue weighted by atomic mass is 16.6. The van der Waals surface area contributed by atoms with E-state index in [-0.39, 0.29) is 12.2 Å². The lowest BCUT2D eigenvalue weighted by atomic mass is 9.74. The molecule has 28 heavy (non-hydrogen) atoms. The Labute approximate surface area is 167 Å². The van der Waals surface area contributed by atoms with Gasteiger partial charge in [0.1, 0.15) is 11.2 Å². The Bertz CT molecular complexity index is 730. The minimum absolute atomic E-state index is 0.216. The maximum Gasteiger partial charge on any atom is 0.408 e. The van der Waals surface area contributed by atoms with Gasteiger partial charge in [0.15, 0.2) is 11.2 Å². The van der Waals surface area contributed by atoms with Gasteiger partial charge in [-0.15, -0.1) is 0 Å². The standard InChI is InChI=1S/C22H31NO5/c1-20(2,3)27-18(25)22(14-10-13-16(22)24)17(15-11-8-7-9-12-15)23-19(26)28-21(4,5)6/h7-9,11-12,17H,10,13-14H2,1-6H3,(H,23,26)/t17-,22+/m0/s1. The maximum atomic E-state index is 13.2. The molecule has 1 amide bonds. The molecule has 0 aliphatic heterocycles. The van der Waals surface area contributed by atoms with Gasteiger partial charge in [0.25, 0.3) is 0 Å². The molecule has 0 saturated heterocycles. The number of carbonyl (C=O) groups is 3. The van der Waals surface area contributed by atoms with Crippen molar-refractivity contribution in [3.8, 4) is 0 Å². The molecule has 1 N–H and O–H groups in total. The molecule has 1 aromatic rings. The molecule has 1 saturated carbocycles. The van der Waals surface area contributed by atoms with Crippen LogP contribution < -0.4 is 5.32 Å². The van der Waals surface area contributed by atoms with Gasteiger partial charge < -0.3 is 14.8 Å². The number of alkyl carbamates (subject to hydrolysis) is 1. The van der Waals surface area contributed by atoms with Crippen LogP contribution >= 0.6 is 0 Å². The Hall–Kier alpha value is -2.37. The number of ether oxygens (including phenoxy) is 2. The molecule has 1 aliphatic carbocycles. The molecule has 0 heterocycles. The highest BCUT2D eigenvalue weighted by Crippen LogP contribution is 2.47. The first-order valence-electron chi connectivity index (χ1n) is 9.66. The SMILES string of the molecule is CC(C)(C)OC(=O)N[C@@H](c1ccccc1)[C@@]1(C(=O)OC(C)(C)C)CCCC1=O. The number of Topliss-reactive ketones (excluding diaryl/α,β-unsaturated/α-hetero) is 1. The van der Waals surface area contributed by atoms with E-state index in [0.717, 1.165) is 0 Å². The molecule has 6 nitrogen and oxygen atoms in total. The predicted octanol–water partition coefficient (Wildman–Crippen LogP) is 4.33. The number of esters is 1. The van der Waals surface area contributed by atoms with Crippen molar-refractivity contribution >= 4 is 17.8 Å². The summed E-state index contributed by atoms with van der Waals surface area (Å²) >= 11 is 0. The summed E-state index contributed by atoms with van der Waals surface area (Å²) in [5.74, 6) is -0.820. The molecule has 1 fully saturated rings. The van der Waals surface area contributed by atoms with Crippen molar-refractivity contribution in [3.63, 3.8) is 0 Å². The first-order valence-corrected chi connectivity index (χ1v) is 9.66. The maximum absolute atomic E-state index is 13.2. The van der Waals surface area contributed by atoms with E-state index in [9.17, 15) is 14.4 Å². The van der Waals surface area contributed by atoms with Crippen LogP contribution in [0.1, 0.15) is 72.4 Å². The van der Waals surface area contributed by atoms with Gasteiger partial charge in [-0.25, -0.2) is 4.79 Å². The Balaban J connectivity index is 2.49. The lowest BCUT2D eigenvalue weighted by Crippen LogP contribution is -2.51. The van der Waals surface area contributed by atoms with Gasteiger partial charge in [-0.05, 0) is 59.9 Å². The summed E-state index contributed by atoms with van der Waals surface area (Å²) in [5, 5.41) is 2.79. The molecular weight excluding hydrogens is 358 g/mol. The topological polar surface area (TPSA) is 81.7 Å². The van der Waals surface area contributed by atoms with Crippen LogP contribution in [-0.2, 0) is 19.1 Å². The minimum atomic E-state index is -1.47. The van der Waals surface area contributed by atoms with Crippen LogP contribution in [0, 0.1) is 5.41 Å². The molecule has 0 spiro atoms. The van der Waals surface area contributed by atoms with Crippen LogP contribution in [0.4, 0.5) is 4.79 Å². The first kappa shape index (κ1) is 21.9. The summed E-state index contributed by atoms with van der Waals surface area (Å²) in [6, 6.07) is 8.17. The van der Waals surface area contributed by atoms with Crippen LogP contribution in [0.25, 0.3) is 0 Å². The van der Waals surface area contributed by atoms with Crippen LogP contribution in [0.15, 0.2) is 30.3 Å². The lowest BCUT2D eigenvalue weighted by molar-refractivity contribution is -0.171. The normalized spacial score (nSPS) is 21.1. The summed E-state index contributed by atoms with van der Waals surface area (Å²) in [6.07, 6.45) is 0.482. The van der Waals surface area contributed by atoms with Crippen molar-refractivity contribution in [2.45, 2.75) is 78.0 Å². The first-order chi connectivity index (χ1) is 12.8. The molecule has 0 aromatic heterocycles. The summed E-state index contributed by atoms with van der Waals surface area (Å²) < 4.78 is 11.0. The molecule has 0 radical (unpaired) electrons. The highest BCUT2D eigenvalue weighted by Gasteiger charge is 2.57. The van der Waals surface area contributed by atoms with Gasteiger partial charge in [0.05, 0.1) is 6.04 Å². The van der Waals surface area contributed by atoms with E-state index in [4.69, 9.17) is 9.47 Å². The molecule has 1 aromatic carbocycles. The zero-order valence-corrected chi connectivity index (χ0v) is 17.6. The van der Waals surface area contributed by atoms with Gasteiger partial charge in [-0.3, -0.25) is 9.59 Å². The highest BCUT2D eigenvalue weighted by molar-refractivity contribution is 6.06. The average Bonchev–Trinajstić information content (AvgIpc) is 2.92. The van der Waals surface area contributed by atoms with E-state index in [1.54, 1.807) is 65.8 Å². The average molecular weight is 389 g/mol. The van der Waals surface area contributed by atoms with Crippen LogP contribution in [0.5, 0.6) is 0 Å². The lowest BCUT2D eigenvalue weighted by Gasteiger charge is -2.37. The number of hydrogen-bond acceptors (Lipinski definition) is 5. The molecule has 154 valence electrons. The Morgan fingerprint density at radius 2 is 1.57 bits per heavy atom. The monoisotopic (exact) mass is 389 g/mol. The molecule has 0 unspecified atom stereocenters. The second-order valence-electron chi connectivity index (χ2n) is 9.24. The van der Waals surface area contributed by atoms with Crippen molar-refractivity contribution in [2.75, 3.05) is 0 Å². The third-order valence-electron chi connectivity index (χ3n) is 4.52. The Kier molecular flexibility index (Phi) is 6.21. The van der Waals surface area contributed by atoms with Crippen LogP contribution in [-0.4, -0.2) is 29.0 Å². The Morgan fingerprint density at radius 3 is 2.04 bits per heavy atom. The van der Waals surface area contributed by atoms with Crippen LogP contribution in [0.2, 0.25) is 0 Å².